The second-order valence-corrected chi connectivity index (χ2v) is 7.64. The highest BCUT2D eigenvalue weighted by Crippen LogP contribution is 2.26. The second kappa shape index (κ2) is 7.29. The quantitative estimate of drug-likeness (QED) is 0.894. The lowest BCUT2D eigenvalue weighted by molar-refractivity contribution is 0.0635. The number of ether oxygens (including phenoxy) is 2. The summed E-state index contributed by atoms with van der Waals surface area (Å²) >= 11 is 0. The molecule has 1 aromatic heterocycles. The van der Waals surface area contributed by atoms with Gasteiger partial charge in [-0.2, -0.15) is 0 Å². The van der Waals surface area contributed by atoms with Crippen molar-refractivity contribution in [3.63, 3.8) is 0 Å². The van der Waals surface area contributed by atoms with Gasteiger partial charge in [0.2, 0.25) is 0 Å². The average molecular weight is 349 g/mol. The molecule has 7 heteroatoms. The smallest absolute Gasteiger partial charge is 0.413 e. The van der Waals surface area contributed by atoms with Gasteiger partial charge in [-0.05, 0) is 51.3 Å². The third-order valence-corrected chi connectivity index (χ3v) is 3.90. The largest absolute Gasteiger partial charge is 0.444 e. The van der Waals surface area contributed by atoms with Gasteiger partial charge in [0.1, 0.15) is 17.5 Å². The molecule has 0 bridgehead atoms. The fourth-order valence-electron chi connectivity index (χ4n) is 2.77. The molecule has 138 valence electrons. The molecule has 1 N–H and O–H groups in total. The van der Waals surface area contributed by atoms with Crippen molar-refractivity contribution in [2.24, 2.45) is 5.92 Å². The van der Waals surface area contributed by atoms with Crippen molar-refractivity contribution in [1.82, 2.24) is 9.88 Å². The van der Waals surface area contributed by atoms with Crippen LogP contribution in [0.2, 0.25) is 0 Å². The lowest BCUT2D eigenvalue weighted by atomic mass is 10.0. The molecule has 0 aliphatic carbocycles. The van der Waals surface area contributed by atoms with E-state index in [9.17, 15) is 9.59 Å². The predicted octanol–water partition coefficient (Wildman–Crippen LogP) is 3.79. The summed E-state index contributed by atoms with van der Waals surface area (Å²) < 4.78 is 10.7. The van der Waals surface area contributed by atoms with Gasteiger partial charge in [-0.25, -0.2) is 14.6 Å². The summed E-state index contributed by atoms with van der Waals surface area (Å²) in [4.78, 5) is 29.8. The molecule has 0 saturated carbocycles. The number of nitrogens with one attached hydrogen (secondary N) is 1. The van der Waals surface area contributed by atoms with Gasteiger partial charge in [0, 0.05) is 12.7 Å². The van der Waals surface area contributed by atoms with Gasteiger partial charge in [-0.1, -0.05) is 13.8 Å². The molecule has 1 fully saturated rings. The van der Waals surface area contributed by atoms with Gasteiger partial charge in [-0.3, -0.25) is 10.2 Å². The third kappa shape index (κ3) is 5.08. The summed E-state index contributed by atoms with van der Waals surface area (Å²) in [6.07, 6.45) is 0.595. The SMILES string of the molecule is CC(C)[C@H]1OC(=O)N(Cc2ccnc(NC(=O)OC(C)(C)C)c2)[C@@H]1C. The fraction of sp³-hybridized carbons (Fsp3) is 0.611. The van der Waals surface area contributed by atoms with Crippen LogP contribution in [0.15, 0.2) is 18.3 Å². The van der Waals surface area contributed by atoms with E-state index in [0.717, 1.165) is 5.56 Å². The second-order valence-electron chi connectivity index (χ2n) is 7.64. The van der Waals surface area contributed by atoms with Gasteiger partial charge in [0.05, 0.1) is 6.04 Å². The number of hydrogen-bond acceptors (Lipinski definition) is 5. The third-order valence-electron chi connectivity index (χ3n) is 3.90. The summed E-state index contributed by atoms with van der Waals surface area (Å²) in [5.41, 5.74) is 0.275. The molecule has 1 aliphatic rings. The van der Waals surface area contributed by atoms with Crippen LogP contribution in [-0.4, -0.2) is 39.8 Å². The molecule has 0 unspecified atom stereocenters. The minimum absolute atomic E-state index is 0.0112. The van der Waals surface area contributed by atoms with E-state index in [1.165, 1.54) is 0 Å². The molecule has 2 heterocycles. The first-order valence-corrected chi connectivity index (χ1v) is 8.49. The van der Waals surface area contributed by atoms with E-state index in [-0.39, 0.29) is 24.2 Å². The molecule has 1 saturated heterocycles. The Hall–Kier alpha value is -2.31. The van der Waals surface area contributed by atoms with Crippen molar-refractivity contribution < 1.29 is 19.1 Å². The Morgan fingerprint density at radius 1 is 1.44 bits per heavy atom. The molecule has 2 atom stereocenters. The molecule has 2 rings (SSSR count). The van der Waals surface area contributed by atoms with E-state index in [2.05, 4.69) is 10.3 Å². The number of rotatable bonds is 4. The number of nitrogens with zero attached hydrogens (tertiary/aromatic N) is 2. The highest BCUT2D eigenvalue weighted by Gasteiger charge is 2.40. The van der Waals surface area contributed by atoms with E-state index in [1.54, 1.807) is 37.9 Å². The zero-order valence-electron chi connectivity index (χ0n) is 15.7. The Labute approximate surface area is 148 Å². The van der Waals surface area contributed by atoms with Gasteiger partial charge >= 0.3 is 12.2 Å². The minimum atomic E-state index is -0.581. The maximum atomic E-state index is 12.1. The normalized spacial score (nSPS) is 20.6. The number of hydrogen-bond donors (Lipinski definition) is 1. The highest BCUT2D eigenvalue weighted by molar-refractivity contribution is 5.83. The van der Waals surface area contributed by atoms with Crippen LogP contribution in [0, 0.1) is 5.92 Å². The molecule has 1 aromatic rings. The van der Waals surface area contributed by atoms with Crippen LogP contribution in [-0.2, 0) is 16.0 Å². The van der Waals surface area contributed by atoms with E-state index < -0.39 is 11.7 Å². The Morgan fingerprint density at radius 3 is 2.68 bits per heavy atom. The van der Waals surface area contributed by atoms with Crippen LogP contribution in [0.1, 0.15) is 47.1 Å². The van der Waals surface area contributed by atoms with Crippen molar-refractivity contribution >= 4 is 18.0 Å². The molecule has 0 radical (unpaired) electrons. The topological polar surface area (TPSA) is 80.8 Å². The molecule has 7 nitrogen and oxygen atoms in total. The van der Waals surface area contributed by atoms with Crippen LogP contribution in [0.5, 0.6) is 0 Å². The van der Waals surface area contributed by atoms with Gasteiger partial charge in [-0.15, -0.1) is 0 Å². The minimum Gasteiger partial charge on any atom is -0.444 e. The molecule has 0 aromatic carbocycles. The Kier molecular flexibility index (Phi) is 5.55. The average Bonchev–Trinajstić information content (AvgIpc) is 2.74. The molecular formula is C18H27N3O4. The lowest BCUT2D eigenvalue weighted by Crippen LogP contribution is -2.35. The van der Waals surface area contributed by atoms with Gasteiger partial charge < -0.3 is 9.47 Å². The standard InChI is InChI=1S/C18H27N3O4/c1-11(2)15-12(3)21(17(23)24-15)10-13-7-8-19-14(9-13)20-16(22)25-18(4,5)6/h7-9,11-12,15H,10H2,1-6H3,(H,19,20,22)/t12-,15-/m1/s1. The van der Waals surface area contributed by atoms with Crippen molar-refractivity contribution in [3.8, 4) is 0 Å². The zero-order chi connectivity index (χ0) is 18.8. The molecular weight excluding hydrogens is 322 g/mol. The number of amides is 2. The first kappa shape index (κ1) is 19.0. The number of cyclic esters (lactones) is 1. The summed E-state index contributed by atoms with van der Waals surface area (Å²) in [5, 5.41) is 2.61. The first-order chi connectivity index (χ1) is 11.6. The number of aromatic nitrogens is 1. The molecule has 2 amide bonds. The summed E-state index contributed by atoms with van der Waals surface area (Å²) in [5.74, 6) is 0.637. The highest BCUT2D eigenvalue weighted by atomic mass is 16.6. The summed E-state index contributed by atoms with van der Waals surface area (Å²) in [6, 6.07) is 3.53. The van der Waals surface area contributed by atoms with Crippen LogP contribution in [0.25, 0.3) is 0 Å². The van der Waals surface area contributed by atoms with Crippen LogP contribution in [0.4, 0.5) is 15.4 Å². The lowest BCUT2D eigenvalue weighted by Gasteiger charge is -2.23. The van der Waals surface area contributed by atoms with Crippen LogP contribution in [0.3, 0.4) is 0 Å². The van der Waals surface area contributed by atoms with E-state index >= 15 is 0 Å². The maximum absolute atomic E-state index is 12.1. The van der Waals surface area contributed by atoms with E-state index in [4.69, 9.17) is 9.47 Å². The van der Waals surface area contributed by atoms with E-state index in [0.29, 0.717) is 12.4 Å². The molecule has 1 aliphatic heterocycles. The summed E-state index contributed by atoms with van der Waals surface area (Å²) in [7, 11) is 0. The van der Waals surface area contributed by atoms with Crippen LogP contribution < -0.4 is 5.32 Å². The van der Waals surface area contributed by atoms with Crippen molar-refractivity contribution in [1.29, 1.82) is 0 Å². The van der Waals surface area contributed by atoms with Crippen molar-refractivity contribution in [2.45, 2.75) is 65.8 Å². The number of pyridine rings is 1. The van der Waals surface area contributed by atoms with Crippen LogP contribution >= 0.6 is 0 Å². The van der Waals surface area contributed by atoms with Gasteiger partial charge in [0.25, 0.3) is 0 Å². The van der Waals surface area contributed by atoms with Crippen molar-refractivity contribution in [2.75, 3.05) is 5.32 Å². The Bertz CT molecular complexity index is 639. The van der Waals surface area contributed by atoms with Gasteiger partial charge in [0.15, 0.2) is 0 Å². The van der Waals surface area contributed by atoms with E-state index in [1.807, 2.05) is 26.8 Å². The number of carbonyl (C=O) groups excluding carboxylic acids is 2. The Balaban J connectivity index is 2.04. The monoisotopic (exact) mass is 349 g/mol. The fourth-order valence-corrected chi connectivity index (χ4v) is 2.77. The number of carbonyl (C=O) groups is 2. The predicted molar refractivity (Wildman–Crippen MR) is 94.2 cm³/mol. The first-order valence-electron chi connectivity index (χ1n) is 8.49. The van der Waals surface area contributed by atoms with Crippen molar-refractivity contribution in [3.05, 3.63) is 23.9 Å². The molecule has 0 spiro atoms. The summed E-state index contributed by atoms with van der Waals surface area (Å²) in [6.45, 7) is 11.8. The Morgan fingerprint density at radius 2 is 2.12 bits per heavy atom. The molecule has 25 heavy (non-hydrogen) atoms. The zero-order valence-corrected chi connectivity index (χ0v) is 15.7. The maximum Gasteiger partial charge on any atom is 0.413 e. The number of anilines is 1.